The quantitative estimate of drug-likeness (QED) is 0.175. The number of rotatable bonds is 6. The van der Waals surface area contributed by atoms with Crippen LogP contribution in [-0.2, 0) is 0 Å². The lowest BCUT2D eigenvalue weighted by molar-refractivity contribution is 0.423. The highest BCUT2D eigenvalue weighted by molar-refractivity contribution is 5.70. The normalized spacial score (nSPS) is 11.9. The Bertz CT molecular complexity index is 2360. The molecule has 232 valence electrons. The van der Waals surface area contributed by atoms with E-state index in [2.05, 4.69) is 87.1 Å². The molecule has 0 saturated heterocycles. The van der Waals surface area contributed by atoms with E-state index >= 15 is 0 Å². The highest BCUT2D eigenvalue weighted by Gasteiger charge is 2.24. The van der Waals surface area contributed by atoms with Crippen molar-refractivity contribution in [2.75, 3.05) is 0 Å². The number of aromatic hydroxyl groups is 1. The number of H-pyrrole nitrogens is 2. The van der Waals surface area contributed by atoms with Crippen LogP contribution >= 0.6 is 0 Å². The van der Waals surface area contributed by atoms with Gasteiger partial charge in [0.15, 0.2) is 34.3 Å². The molecule has 7 aromatic rings. The molecule has 0 atom stereocenters. The van der Waals surface area contributed by atoms with E-state index in [1.54, 1.807) is 50.6 Å². The molecule has 0 fully saturated rings. The van der Waals surface area contributed by atoms with E-state index in [0.717, 1.165) is 9.36 Å². The van der Waals surface area contributed by atoms with Crippen molar-refractivity contribution in [2.24, 2.45) is 20.5 Å². The minimum atomic E-state index is -0.704. The van der Waals surface area contributed by atoms with Crippen molar-refractivity contribution in [3.8, 4) is 24.0 Å². The monoisotopic (exact) mass is 631 g/mol. The van der Waals surface area contributed by atoms with Gasteiger partial charge in [-0.05, 0) is 41.5 Å². The van der Waals surface area contributed by atoms with E-state index in [1.165, 1.54) is 0 Å². The first kappa shape index (κ1) is 28.5. The lowest BCUT2D eigenvalue weighted by atomic mass is 10.3. The zero-order valence-electron chi connectivity index (χ0n) is 25.4. The van der Waals surface area contributed by atoms with Crippen LogP contribution in [0.4, 0.5) is 28.7 Å². The highest BCUT2D eigenvalue weighted by Crippen LogP contribution is 2.36. The summed E-state index contributed by atoms with van der Waals surface area (Å²) in [6, 6.07) is 1.37. The number of hydrogen-bond acceptors (Lipinski definition) is 15. The van der Waals surface area contributed by atoms with E-state index in [-0.39, 0.29) is 34.8 Å². The number of aromatic nitrogens is 15. The van der Waals surface area contributed by atoms with Crippen LogP contribution in [0.3, 0.4) is 0 Å². The molecule has 22 heteroatoms. The average Bonchev–Trinajstić information content (AvgIpc) is 3.86. The summed E-state index contributed by atoms with van der Waals surface area (Å²) in [5.74, 6) is 0.765. The Labute approximate surface area is 262 Å². The predicted octanol–water partition coefficient (Wildman–Crippen LogP) is 3.79. The molecule has 7 rings (SSSR count). The van der Waals surface area contributed by atoms with Gasteiger partial charge >= 0.3 is 6.01 Å². The molecule has 47 heavy (non-hydrogen) atoms. The summed E-state index contributed by atoms with van der Waals surface area (Å²) < 4.78 is 5.44. The standard InChI is InChI=1S/C25H21N21O/c1-9-15(8-26)19(35-33-17-11(3)40-43-13(5)31-36-21(17)43)45(39-9)23-28-24(30-25(47)29-23)46-20(16(27-7)10(2)42-46)38-34-18-12(4)41-44-14(6)32-37-22(18)44/h36-37H,1-6H3,(H,28,29,30,47). The fourth-order valence-corrected chi connectivity index (χ4v) is 4.78. The number of fused-ring (bicyclic) bond motifs is 2. The lowest BCUT2D eigenvalue weighted by Crippen LogP contribution is -2.10. The second kappa shape index (κ2) is 10.4. The third kappa shape index (κ3) is 4.43. The van der Waals surface area contributed by atoms with Gasteiger partial charge in [0.2, 0.25) is 0 Å². The summed E-state index contributed by atoms with van der Waals surface area (Å²) in [6.07, 6.45) is 0. The van der Waals surface area contributed by atoms with Gasteiger partial charge < -0.3 is 5.11 Å². The number of nitriles is 1. The van der Waals surface area contributed by atoms with Crippen LogP contribution in [-0.4, -0.2) is 79.2 Å². The Kier molecular flexibility index (Phi) is 6.34. The van der Waals surface area contributed by atoms with Crippen LogP contribution < -0.4 is 0 Å². The average molecular weight is 632 g/mol. The van der Waals surface area contributed by atoms with Crippen LogP contribution in [0.5, 0.6) is 6.01 Å². The van der Waals surface area contributed by atoms with Crippen LogP contribution in [0.1, 0.15) is 40.0 Å². The molecular formula is C25H21N21O. The molecule has 0 saturated carbocycles. The van der Waals surface area contributed by atoms with E-state index in [4.69, 9.17) is 6.57 Å². The third-order valence-electron chi connectivity index (χ3n) is 7.05. The summed E-state index contributed by atoms with van der Waals surface area (Å²) in [6.45, 7) is 18.0. The Morgan fingerprint density at radius 1 is 0.702 bits per heavy atom. The Morgan fingerprint density at radius 2 is 1.21 bits per heavy atom. The minimum absolute atomic E-state index is 0.0196. The van der Waals surface area contributed by atoms with Crippen LogP contribution in [0.25, 0.3) is 28.0 Å². The first-order valence-corrected chi connectivity index (χ1v) is 13.7. The first-order valence-electron chi connectivity index (χ1n) is 13.7. The van der Waals surface area contributed by atoms with Gasteiger partial charge in [-0.2, -0.15) is 69.2 Å². The fraction of sp³-hybridized carbons (Fsp3) is 0.240. The van der Waals surface area contributed by atoms with Crippen molar-refractivity contribution in [3.05, 3.63) is 51.4 Å². The summed E-state index contributed by atoms with van der Waals surface area (Å²) in [4.78, 5) is 16.1. The van der Waals surface area contributed by atoms with Crippen molar-refractivity contribution >= 4 is 40.0 Å². The van der Waals surface area contributed by atoms with Crippen LogP contribution in [0.2, 0.25) is 0 Å². The number of aromatic amines is 2. The zero-order chi connectivity index (χ0) is 33.1. The smallest absolute Gasteiger partial charge is 0.320 e. The maximum atomic E-state index is 10.6. The Balaban J connectivity index is 1.35. The number of azo groups is 2. The van der Waals surface area contributed by atoms with Gasteiger partial charge in [0.1, 0.15) is 23.3 Å². The second-order valence-electron chi connectivity index (χ2n) is 10.2. The lowest BCUT2D eigenvalue weighted by Gasteiger charge is -2.06. The molecule has 7 heterocycles. The molecule has 0 aliphatic carbocycles. The molecule has 0 aromatic carbocycles. The van der Waals surface area contributed by atoms with Crippen LogP contribution in [0, 0.1) is 59.4 Å². The summed E-state index contributed by atoms with van der Waals surface area (Å²) >= 11 is 0. The summed E-state index contributed by atoms with van der Waals surface area (Å²) in [5.41, 5.74) is 3.70. The Morgan fingerprint density at radius 3 is 1.74 bits per heavy atom. The molecule has 0 aliphatic heterocycles. The molecular weight excluding hydrogens is 610 g/mol. The summed E-state index contributed by atoms with van der Waals surface area (Å²) in [7, 11) is 0. The molecule has 0 spiro atoms. The van der Waals surface area contributed by atoms with Gasteiger partial charge in [-0.3, -0.25) is 10.2 Å². The van der Waals surface area contributed by atoms with Crippen molar-refractivity contribution in [3.63, 3.8) is 0 Å². The summed E-state index contributed by atoms with van der Waals surface area (Å²) in [5, 5.41) is 69.5. The van der Waals surface area contributed by atoms with Gasteiger partial charge in [0.25, 0.3) is 17.6 Å². The number of hydrogen-bond donors (Lipinski definition) is 3. The molecule has 0 unspecified atom stereocenters. The maximum Gasteiger partial charge on any atom is 0.320 e. The van der Waals surface area contributed by atoms with Crippen molar-refractivity contribution < 1.29 is 5.11 Å². The SMILES string of the molecule is [C-]#[N+]c1c(C)nn(-c2nc(O)nc(-n3nc(C)c(C#N)c3N=Nc3c(C)nn4c(C)n[nH]c34)n2)c1N=Nc1c(C)nn2c(C)n[nH]c12. The van der Waals surface area contributed by atoms with E-state index in [9.17, 15) is 10.4 Å². The number of nitrogens with zero attached hydrogens (tertiary/aromatic N) is 19. The third-order valence-corrected chi connectivity index (χ3v) is 7.05. The molecule has 22 nitrogen and oxygen atoms in total. The molecule has 0 aliphatic rings. The molecule has 0 bridgehead atoms. The van der Waals surface area contributed by atoms with Crippen molar-refractivity contribution in [1.29, 1.82) is 5.26 Å². The molecule has 0 amide bonds. The number of aryl methyl sites for hydroxylation is 6. The largest absolute Gasteiger partial charge is 0.479 e. The molecule has 7 aromatic heterocycles. The van der Waals surface area contributed by atoms with E-state index < -0.39 is 6.01 Å². The van der Waals surface area contributed by atoms with Crippen molar-refractivity contribution in [2.45, 2.75) is 41.5 Å². The van der Waals surface area contributed by atoms with E-state index in [1.807, 2.05) is 0 Å². The first-order chi connectivity index (χ1) is 22.6. The second-order valence-corrected chi connectivity index (χ2v) is 10.2. The minimum Gasteiger partial charge on any atom is -0.479 e. The predicted molar refractivity (Wildman–Crippen MR) is 158 cm³/mol. The fourth-order valence-electron chi connectivity index (χ4n) is 4.78. The van der Waals surface area contributed by atoms with Crippen molar-refractivity contribution in [1.82, 2.24) is 74.1 Å². The van der Waals surface area contributed by atoms with Gasteiger partial charge in [-0.15, -0.1) is 20.5 Å². The topological polar surface area (TPSA) is 264 Å². The Hall–Kier alpha value is -7.23. The zero-order valence-corrected chi connectivity index (χ0v) is 25.4. The van der Waals surface area contributed by atoms with Crippen LogP contribution in [0.15, 0.2) is 20.5 Å². The van der Waals surface area contributed by atoms with Gasteiger partial charge in [0.05, 0.1) is 29.3 Å². The molecule has 0 radical (unpaired) electrons. The van der Waals surface area contributed by atoms with Gasteiger partial charge in [-0.1, -0.05) is 0 Å². The van der Waals surface area contributed by atoms with Gasteiger partial charge in [0, 0.05) is 0 Å². The maximum absolute atomic E-state index is 10.6. The van der Waals surface area contributed by atoms with E-state index in [0.29, 0.717) is 57.1 Å². The number of nitrogens with one attached hydrogen (secondary N) is 2. The van der Waals surface area contributed by atoms with Gasteiger partial charge in [-0.25, -0.2) is 4.85 Å². The molecule has 3 N–H and O–H groups in total. The highest BCUT2D eigenvalue weighted by atomic mass is 16.3.